The molecule has 2 aromatic rings. The van der Waals surface area contributed by atoms with Crippen molar-refractivity contribution in [3.63, 3.8) is 0 Å². The van der Waals surface area contributed by atoms with E-state index in [1.165, 1.54) is 12.1 Å². The Morgan fingerprint density at radius 3 is 2.76 bits per heavy atom. The molecule has 0 saturated carbocycles. The molecule has 0 amide bonds. The fourth-order valence-electron chi connectivity index (χ4n) is 2.85. The van der Waals surface area contributed by atoms with E-state index in [0.29, 0.717) is 0 Å². The van der Waals surface area contributed by atoms with Crippen LogP contribution >= 0.6 is 12.4 Å². The first-order chi connectivity index (χ1) is 9.68. The van der Waals surface area contributed by atoms with Gasteiger partial charge in [0.15, 0.2) is 0 Å². The molecule has 3 rings (SSSR count). The van der Waals surface area contributed by atoms with Crippen LogP contribution in [0.25, 0.3) is 11.4 Å². The molecule has 1 fully saturated rings. The Kier molecular flexibility index (Phi) is 5.04. The molecule has 5 heteroatoms. The molecule has 1 saturated heterocycles. The van der Waals surface area contributed by atoms with Gasteiger partial charge >= 0.3 is 0 Å². The van der Waals surface area contributed by atoms with Crippen molar-refractivity contribution < 1.29 is 0 Å². The second-order valence-electron chi connectivity index (χ2n) is 6.10. The first-order valence-corrected chi connectivity index (χ1v) is 7.20. The molecule has 1 aliphatic heterocycles. The van der Waals surface area contributed by atoms with Crippen molar-refractivity contribution in [3.8, 4) is 11.4 Å². The lowest BCUT2D eigenvalue weighted by molar-refractivity contribution is 0.272. The summed E-state index contributed by atoms with van der Waals surface area (Å²) >= 11 is 0. The van der Waals surface area contributed by atoms with Crippen LogP contribution in [0.15, 0.2) is 36.5 Å². The quantitative estimate of drug-likeness (QED) is 0.913. The largest absolute Gasteiger partial charge is 0.341 e. The van der Waals surface area contributed by atoms with Gasteiger partial charge in [-0.1, -0.05) is 37.3 Å². The second kappa shape index (κ2) is 6.60. The Labute approximate surface area is 132 Å². The molecule has 0 radical (unpaired) electrons. The highest BCUT2D eigenvalue weighted by atomic mass is 35.5. The van der Waals surface area contributed by atoms with Crippen LogP contribution in [0.4, 0.5) is 0 Å². The highest BCUT2D eigenvalue weighted by Crippen LogP contribution is 2.29. The maximum atomic E-state index is 5.86. The number of aromatic nitrogens is 2. The topological polar surface area (TPSA) is 57.9 Å². The first kappa shape index (κ1) is 16.0. The molecular formula is C16H23ClN4. The van der Waals surface area contributed by atoms with E-state index in [1.807, 2.05) is 24.4 Å². The van der Waals surface area contributed by atoms with E-state index < -0.39 is 0 Å². The number of imidazole rings is 1. The minimum Gasteiger partial charge on any atom is -0.341 e. The summed E-state index contributed by atoms with van der Waals surface area (Å²) < 4.78 is 0. The van der Waals surface area contributed by atoms with Crippen molar-refractivity contribution in [2.24, 2.45) is 11.1 Å². The van der Waals surface area contributed by atoms with E-state index in [0.717, 1.165) is 37.6 Å². The summed E-state index contributed by atoms with van der Waals surface area (Å²) in [6.45, 7) is 6.16. The third kappa shape index (κ3) is 3.64. The summed E-state index contributed by atoms with van der Waals surface area (Å²) in [5, 5.41) is 0. The Bertz CT molecular complexity index is 569. The summed E-state index contributed by atoms with van der Waals surface area (Å²) in [4.78, 5) is 10.3. The lowest BCUT2D eigenvalue weighted by atomic mass is 9.90. The van der Waals surface area contributed by atoms with Crippen LogP contribution in [-0.2, 0) is 6.54 Å². The predicted molar refractivity (Wildman–Crippen MR) is 88.3 cm³/mol. The zero-order chi connectivity index (χ0) is 14.0. The molecule has 4 nitrogen and oxygen atoms in total. The smallest absolute Gasteiger partial charge is 0.137 e. The Morgan fingerprint density at radius 1 is 1.33 bits per heavy atom. The number of nitrogens with one attached hydrogen (secondary N) is 1. The van der Waals surface area contributed by atoms with Gasteiger partial charge < -0.3 is 10.7 Å². The number of hydrogen-bond donors (Lipinski definition) is 2. The normalized spacial score (nSPS) is 22.2. The van der Waals surface area contributed by atoms with Gasteiger partial charge in [-0.2, -0.15) is 0 Å². The monoisotopic (exact) mass is 306 g/mol. The van der Waals surface area contributed by atoms with E-state index in [9.17, 15) is 0 Å². The summed E-state index contributed by atoms with van der Waals surface area (Å²) in [6.07, 6.45) is 3.13. The molecule has 1 aliphatic rings. The number of likely N-dealkylation sites (tertiary alicyclic amines) is 1. The van der Waals surface area contributed by atoms with Crippen LogP contribution in [0.3, 0.4) is 0 Å². The van der Waals surface area contributed by atoms with Gasteiger partial charge in [0.25, 0.3) is 0 Å². The maximum Gasteiger partial charge on any atom is 0.137 e. The number of rotatable bonds is 4. The average molecular weight is 307 g/mol. The molecule has 1 aromatic heterocycles. The molecule has 1 aromatic carbocycles. The van der Waals surface area contributed by atoms with Crippen molar-refractivity contribution in [3.05, 3.63) is 42.2 Å². The van der Waals surface area contributed by atoms with Gasteiger partial charge in [0.2, 0.25) is 0 Å². The third-order valence-corrected chi connectivity index (χ3v) is 4.20. The minimum absolute atomic E-state index is 0. The molecule has 114 valence electrons. The highest BCUT2D eigenvalue weighted by molar-refractivity contribution is 5.85. The van der Waals surface area contributed by atoms with Gasteiger partial charge in [0, 0.05) is 30.5 Å². The molecule has 2 heterocycles. The zero-order valence-electron chi connectivity index (χ0n) is 12.4. The third-order valence-electron chi connectivity index (χ3n) is 4.20. The fourth-order valence-corrected chi connectivity index (χ4v) is 2.85. The summed E-state index contributed by atoms with van der Waals surface area (Å²) in [5.41, 5.74) is 8.44. The highest BCUT2D eigenvalue weighted by Gasteiger charge is 2.32. The molecule has 3 N–H and O–H groups in total. The van der Waals surface area contributed by atoms with Gasteiger partial charge in [-0.3, -0.25) is 4.90 Å². The Balaban J connectivity index is 0.00000161. The van der Waals surface area contributed by atoms with E-state index in [-0.39, 0.29) is 17.8 Å². The molecule has 1 atom stereocenters. The molecule has 0 aliphatic carbocycles. The Hall–Kier alpha value is -1.36. The fraction of sp³-hybridized carbons (Fsp3) is 0.438. The van der Waals surface area contributed by atoms with Gasteiger partial charge in [0.05, 0.1) is 0 Å². The number of H-pyrrole nitrogens is 1. The summed E-state index contributed by atoms with van der Waals surface area (Å²) in [5.74, 6) is 0.946. The van der Waals surface area contributed by atoms with E-state index >= 15 is 0 Å². The van der Waals surface area contributed by atoms with Crippen molar-refractivity contribution in [2.45, 2.75) is 19.9 Å². The van der Waals surface area contributed by atoms with Crippen LogP contribution in [0.1, 0.15) is 19.0 Å². The van der Waals surface area contributed by atoms with E-state index in [4.69, 9.17) is 5.73 Å². The first-order valence-electron chi connectivity index (χ1n) is 7.20. The van der Waals surface area contributed by atoms with Crippen LogP contribution in [0.5, 0.6) is 0 Å². The summed E-state index contributed by atoms with van der Waals surface area (Å²) in [6, 6.07) is 10.2. The Morgan fingerprint density at radius 2 is 2.10 bits per heavy atom. The average Bonchev–Trinajstić information content (AvgIpc) is 3.08. The van der Waals surface area contributed by atoms with E-state index in [1.54, 1.807) is 0 Å². The van der Waals surface area contributed by atoms with Gasteiger partial charge in [-0.25, -0.2) is 4.98 Å². The van der Waals surface area contributed by atoms with Crippen LogP contribution in [0, 0.1) is 5.41 Å². The van der Waals surface area contributed by atoms with Gasteiger partial charge in [0.1, 0.15) is 5.82 Å². The lowest BCUT2D eigenvalue weighted by Crippen LogP contribution is -2.31. The van der Waals surface area contributed by atoms with E-state index in [2.05, 4.69) is 33.9 Å². The van der Waals surface area contributed by atoms with Gasteiger partial charge in [-0.05, 0) is 24.9 Å². The minimum atomic E-state index is 0. The number of aromatic amines is 1. The van der Waals surface area contributed by atoms with Crippen molar-refractivity contribution in [2.75, 3.05) is 19.6 Å². The maximum absolute atomic E-state index is 5.86. The van der Waals surface area contributed by atoms with Crippen LogP contribution in [0.2, 0.25) is 0 Å². The second-order valence-corrected chi connectivity index (χ2v) is 6.10. The molecule has 21 heavy (non-hydrogen) atoms. The molecule has 0 bridgehead atoms. The van der Waals surface area contributed by atoms with Crippen molar-refractivity contribution in [1.82, 2.24) is 14.9 Å². The molecule has 1 unspecified atom stereocenters. The van der Waals surface area contributed by atoms with Crippen molar-refractivity contribution >= 4 is 12.4 Å². The van der Waals surface area contributed by atoms with Crippen LogP contribution < -0.4 is 5.73 Å². The number of halogens is 1. The number of nitrogens with two attached hydrogens (primary N) is 1. The van der Waals surface area contributed by atoms with Crippen LogP contribution in [-0.4, -0.2) is 34.5 Å². The molecular weight excluding hydrogens is 284 g/mol. The lowest BCUT2D eigenvalue weighted by Gasteiger charge is -2.22. The van der Waals surface area contributed by atoms with Gasteiger partial charge in [-0.15, -0.1) is 12.4 Å². The van der Waals surface area contributed by atoms with Crippen molar-refractivity contribution in [1.29, 1.82) is 0 Å². The zero-order valence-corrected chi connectivity index (χ0v) is 13.2. The predicted octanol–water partition coefficient (Wildman–Crippen LogP) is 2.67. The number of hydrogen-bond acceptors (Lipinski definition) is 3. The summed E-state index contributed by atoms with van der Waals surface area (Å²) in [7, 11) is 0. The number of benzene rings is 1. The molecule has 0 spiro atoms. The standard InChI is InChI=1S/C16H22N4.ClH/c1-16(11-17)7-8-20(12-16)10-14-9-18-15(19-14)13-5-3-2-4-6-13;/h2-6,9H,7-8,10-12,17H2,1H3,(H,18,19);1H. The SMILES string of the molecule is CC1(CN)CCN(Cc2cnc(-c3ccccc3)[nH]2)C1.Cl. The number of nitrogens with zero attached hydrogens (tertiary/aromatic N) is 2.